The average molecular weight is 429 g/mol. The molecule has 5 heterocycles. The summed E-state index contributed by atoms with van der Waals surface area (Å²) in [5.41, 5.74) is 2.43. The van der Waals surface area contributed by atoms with Crippen molar-refractivity contribution in [2.75, 3.05) is 37.6 Å². The first-order valence-corrected chi connectivity index (χ1v) is 10.7. The van der Waals surface area contributed by atoms with Gasteiger partial charge in [-0.15, -0.1) is 0 Å². The van der Waals surface area contributed by atoms with Crippen LogP contribution in [0.3, 0.4) is 0 Å². The van der Waals surface area contributed by atoms with E-state index in [1.54, 1.807) is 41.6 Å². The van der Waals surface area contributed by atoms with Gasteiger partial charge in [0, 0.05) is 68.3 Å². The summed E-state index contributed by atoms with van der Waals surface area (Å²) in [5, 5.41) is 5.57. The molecule has 162 valence electrons. The lowest BCUT2D eigenvalue weighted by atomic mass is 10.2. The largest absolute Gasteiger partial charge is 0.353 e. The second-order valence-corrected chi connectivity index (χ2v) is 7.84. The Morgan fingerprint density at radius 3 is 2.56 bits per heavy atom. The van der Waals surface area contributed by atoms with Gasteiger partial charge in [-0.2, -0.15) is 5.10 Å². The van der Waals surface area contributed by atoms with Crippen LogP contribution in [-0.4, -0.2) is 67.3 Å². The highest BCUT2D eigenvalue weighted by molar-refractivity contribution is 5.88. The zero-order valence-corrected chi connectivity index (χ0v) is 17.9. The van der Waals surface area contributed by atoms with Crippen molar-refractivity contribution in [3.8, 4) is 11.3 Å². The topological polar surface area (TPSA) is 92.9 Å². The molecule has 0 spiro atoms. The number of hydrogen-bond donors (Lipinski definition) is 0. The normalized spacial score (nSPS) is 14.7. The Hall–Kier alpha value is -3.72. The second-order valence-electron chi connectivity index (χ2n) is 7.84. The Labute approximate surface area is 185 Å². The van der Waals surface area contributed by atoms with E-state index in [9.17, 15) is 4.79 Å². The number of piperazine rings is 1. The van der Waals surface area contributed by atoms with Crippen molar-refractivity contribution in [3.63, 3.8) is 0 Å². The van der Waals surface area contributed by atoms with E-state index < -0.39 is 0 Å². The van der Waals surface area contributed by atoms with Gasteiger partial charge in [0.15, 0.2) is 0 Å². The highest BCUT2D eigenvalue weighted by Crippen LogP contribution is 2.24. The first kappa shape index (κ1) is 20.2. The maximum atomic E-state index is 12.3. The van der Waals surface area contributed by atoms with Crippen LogP contribution in [0, 0.1) is 6.92 Å². The summed E-state index contributed by atoms with van der Waals surface area (Å²) in [6.07, 6.45) is 7.05. The second kappa shape index (κ2) is 8.80. The molecule has 0 atom stereocenters. The quantitative estimate of drug-likeness (QED) is 0.475. The molecule has 0 N–H and O–H groups in total. The van der Waals surface area contributed by atoms with Crippen LogP contribution in [-0.2, 0) is 6.54 Å². The minimum Gasteiger partial charge on any atom is -0.353 e. The third kappa shape index (κ3) is 4.19. The molecular weight excluding hydrogens is 404 g/mol. The first-order chi connectivity index (χ1) is 15.7. The minimum atomic E-state index is -0.0900. The van der Waals surface area contributed by atoms with Crippen molar-refractivity contribution >= 4 is 16.7 Å². The van der Waals surface area contributed by atoms with E-state index in [1.807, 2.05) is 25.1 Å². The summed E-state index contributed by atoms with van der Waals surface area (Å²) >= 11 is 0. The summed E-state index contributed by atoms with van der Waals surface area (Å²) in [6.45, 7) is 6.76. The maximum absolute atomic E-state index is 12.3. The van der Waals surface area contributed by atoms with Gasteiger partial charge < -0.3 is 4.90 Å². The number of anilines is 1. The number of rotatable bonds is 5. The van der Waals surface area contributed by atoms with Crippen LogP contribution in [0.5, 0.6) is 0 Å². The standard InChI is InChI=1S/C23H24N8O/c1-17-26-21-16-25-8-6-19(21)23(27-17)30-12-9-29(10-13-30)11-14-31-22(32)5-4-20(28-31)18-3-2-7-24-15-18/h2-8,15-16H,9-14H2,1H3. The van der Waals surface area contributed by atoms with Gasteiger partial charge in [-0.05, 0) is 31.2 Å². The van der Waals surface area contributed by atoms with Gasteiger partial charge >= 0.3 is 0 Å². The molecule has 1 aliphatic rings. The smallest absolute Gasteiger partial charge is 0.266 e. The van der Waals surface area contributed by atoms with Crippen LogP contribution in [0.2, 0.25) is 0 Å². The lowest BCUT2D eigenvalue weighted by molar-refractivity contribution is 0.242. The van der Waals surface area contributed by atoms with Crippen molar-refractivity contribution in [2.45, 2.75) is 13.5 Å². The minimum absolute atomic E-state index is 0.0900. The number of aromatic nitrogens is 6. The molecule has 1 fully saturated rings. The first-order valence-electron chi connectivity index (χ1n) is 10.7. The molecule has 4 aromatic heterocycles. The molecule has 0 aromatic carbocycles. The molecular formula is C23H24N8O. The third-order valence-electron chi connectivity index (χ3n) is 5.71. The van der Waals surface area contributed by atoms with E-state index in [0.29, 0.717) is 6.54 Å². The van der Waals surface area contributed by atoms with Crippen molar-refractivity contribution in [1.29, 1.82) is 0 Å². The van der Waals surface area contributed by atoms with Crippen LogP contribution < -0.4 is 10.5 Å². The SMILES string of the molecule is Cc1nc(N2CCN(CCn3nc(-c4cccnc4)ccc3=O)CC2)c2ccncc2n1. The average Bonchev–Trinajstić information content (AvgIpc) is 2.84. The van der Waals surface area contributed by atoms with E-state index in [4.69, 9.17) is 4.98 Å². The Morgan fingerprint density at radius 1 is 0.906 bits per heavy atom. The van der Waals surface area contributed by atoms with E-state index >= 15 is 0 Å². The monoisotopic (exact) mass is 428 g/mol. The fourth-order valence-corrected chi connectivity index (χ4v) is 4.01. The molecule has 9 heteroatoms. The molecule has 0 unspecified atom stereocenters. The van der Waals surface area contributed by atoms with Gasteiger partial charge in [-0.25, -0.2) is 14.6 Å². The molecule has 5 rings (SSSR count). The summed E-state index contributed by atoms with van der Waals surface area (Å²) in [5.74, 6) is 1.72. The summed E-state index contributed by atoms with van der Waals surface area (Å²) in [4.78, 5) is 34.5. The van der Waals surface area contributed by atoms with Gasteiger partial charge in [0.05, 0.1) is 24.0 Å². The molecule has 0 bridgehead atoms. The lowest BCUT2D eigenvalue weighted by Crippen LogP contribution is -2.48. The summed E-state index contributed by atoms with van der Waals surface area (Å²) in [7, 11) is 0. The third-order valence-corrected chi connectivity index (χ3v) is 5.71. The van der Waals surface area contributed by atoms with Gasteiger partial charge in [0.25, 0.3) is 5.56 Å². The van der Waals surface area contributed by atoms with Crippen LogP contribution in [0.25, 0.3) is 22.2 Å². The zero-order chi connectivity index (χ0) is 21.9. The molecule has 1 saturated heterocycles. The summed E-state index contributed by atoms with van der Waals surface area (Å²) in [6, 6.07) is 9.11. The molecule has 32 heavy (non-hydrogen) atoms. The number of pyridine rings is 2. The molecule has 4 aromatic rings. The molecule has 1 aliphatic heterocycles. The van der Waals surface area contributed by atoms with Gasteiger partial charge in [-0.3, -0.25) is 19.7 Å². The Kier molecular flexibility index (Phi) is 5.55. The van der Waals surface area contributed by atoms with Crippen molar-refractivity contribution in [1.82, 2.24) is 34.6 Å². The van der Waals surface area contributed by atoms with Crippen molar-refractivity contribution in [3.05, 3.63) is 71.3 Å². The van der Waals surface area contributed by atoms with Gasteiger partial charge in [0.2, 0.25) is 0 Å². The highest BCUT2D eigenvalue weighted by atomic mass is 16.1. The Morgan fingerprint density at radius 2 is 1.75 bits per heavy atom. The molecule has 0 aliphatic carbocycles. The predicted octanol–water partition coefficient (Wildman–Crippen LogP) is 1.77. The van der Waals surface area contributed by atoms with Crippen molar-refractivity contribution < 1.29 is 0 Å². The molecule has 0 radical (unpaired) electrons. The highest BCUT2D eigenvalue weighted by Gasteiger charge is 2.20. The molecule has 0 saturated carbocycles. The van der Waals surface area contributed by atoms with Gasteiger partial charge in [-0.1, -0.05) is 0 Å². The van der Waals surface area contributed by atoms with Crippen LogP contribution in [0.4, 0.5) is 5.82 Å². The number of nitrogens with zero attached hydrogens (tertiary/aromatic N) is 8. The number of aryl methyl sites for hydroxylation is 1. The number of hydrogen-bond acceptors (Lipinski definition) is 8. The lowest BCUT2D eigenvalue weighted by Gasteiger charge is -2.35. The van der Waals surface area contributed by atoms with E-state index in [1.165, 1.54) is 0 Å². The van der Waals surface area contributed by atoms with E-state index in [-0.39, 0.29) is 5.56 Å². The Balaban J connectivity index is 1.24. The molecule has 0 amide bonds. The van der Waals surface area contributed by atoms with Crippen LogP contribution >= 0.6 is 0 Å². The summed E-state index contributed by atoms with van der Waals surface area (Å²) < 4.78 is 1.54. The number of fused-ring (bicyclic) bond motifs is 1. The predicted molar refractivity (Wildman–Crippen MR) is 122 cm³/mol. The van der Waals surface area contributed by atoms with E-state index in [2.05, 4.69) is 29.9 Å². The van der Waals surface area contributed by atoms with Crippen LogP contribution in [0.15, 0.2) is 59.9 Å². The van der Waals surface area contributed by atoms with Crippen LogP contribution in [0.1, 0.15) is 5.82 Å². The Bertz CT molecular complexity index is 1280. The molecule has 9 nitrogen and oxygen atoms in total. The zero-order valence-electron chi connectivity index (χ0n) is 17.9. The van der Waals surface area contributed by atoms with Crippen molar-refractivity contribution in [2.24, 2.45) is 0 Å². The van der Waals surface area contributed by atoms with E-state index in [0.717, 1.165) is 66.5 Å². The fourth-order valence-electron chi connectivity index (χ4n) is 4.01. The van der Waals surface area contributed by atoms with Gasteiger partial charge in [0.1, 0.15) is 11.6 Å². The fraction of sp³-hybridized carbons (Fsp3) is 0.304. The maximum Gasteiger partial charge on any atom is 0.266 e.